The van der Waals surface area contributed by atoms with E-state index in [-0.39, 0.29) is 76.6 Å². The molecule has 0 spiro atoms. The smallest absolute Gasteiger partial charge is 0.238 e. The number of alkyl halides is 2. The first-order chi connectivity index (χ1) is 18.2. The zero-order valence-electron chi connectivity index (χ0n) is 22.3. The van der Waals surface area contributed by atoms with Crippen molar-refractivity contribution < 1.29 is 23.1 Å². The number of hydrogen-bond acceptors (Lipinski definition) is 7. The number of nitriles is 1. The summed E-state index contributed by atoms with van der Waals surface area (Å²) >= 11 is 1.66. The molecule has 0 aromatic rings. The molecule has 0 bridgehead atoms. The molecule has 0 radical (unpaired) electrons. The molecule has 11 heteroatoms. The number of ether oxygens (including phenoxy) is 1. The minimum Gasteiger partial charge on any atom is -0.381 e. The highest BCUT2D eigenvalue weighted by Crippen LogP contribution is 2.43. The lowest BCUT2D eigenvalue weighted by Crippen LogP contribution is -2.55. The van der Waals surface area contributed by atoms with Crippen molar-refractivity contribution in [1.29, 1.82) is 5.26 Å². The van der Waals surface area contributed by atoms with Crippen LogP contribution in [0.3, 0.4) is 0 Å². The van der Waals surface area contributed by atoms with E-state index in [0.717, 1.165) is 25.7 Å². The van der Waals surface area contributed by atoms with Crippen LogP contribution in [0, 0.1) is 46.8 Å². The van der Waals surface area contributed by atoms with Gasteiger partial charge in [0.05, 0.1) is 18.1 Å². The summed E-state index contributed by atoms with van der Waals surface area (Å²) in [5, 5.41) is 20.0. The topological polar surface area (TPSA) is 106 Å². The SMILES string of the molecule is COC1CCC(C#N)CC1C1CC(C)NCC1C(=O)NC1NC2CN(C(=O)C3CC(CC(F)F)C3)CC2S1. The van der Waals surface area contributed by atoms with E-state index in [0.29, 0.717) is 38.5 Å². The fourth-order valence-electron chi connectivity index (χ4n) is 7.55. The molecule has 0 aromatic carbocycles. The number of halogens is 2. The summed E-state index contributed by atoms with van der Waals surface area (Å²) in [5.74, 6) is 0.149. The van der Waals surface area contributed by atoms with Crippen LogP contribution in [0.2, 0.25) is 0 Å². The summed E-state index contributed by atoms with van der Waals surface area (Å²) in [5.41, 5.74) is -0.203. The highest BCUT2D eigenvalue weighted by atomic mass is 32.2. The molecule has 3 saturated heterocycles. The number of carbonyl (C=O) groups is 2. The molecule has 0 aromatic heterocycles. The molecule has 5 aliphatic rings. The fourth-order valence-corrected chi connectivity index (χ4v) is 8.95. The molecule has 5 rings (SSSR count). The monoisotopic (exact) mass is 553 g/mol. The first kappa shape index (κ1) is 28.1. The van der Waals surface area contributed by atoms with E-state index in [2.05, 4.69) is 28.9 Å². The third-order valence-corrected chi connectivity index (χ3v) is 11.0. The van der Waals surface area contributed by atoms with E-state index < -0.39 is 6.43 Å². The summed E-state index contributed by atoms with van der Waals surface area (Å²) in [7, 11) is 1.74. The van der Waals surface area contributed by atoms with Gasteiger partial charge in [-0.1, -0.05) is 0 Å². The van der Waals surface area contributed by atoms with E-state index >= 15 is 0 Å². The lowest BCUT2D eigenvalue weighted by Gasteiger charge is -2.44. The maximum absolute atomic E-state index is 13.6. The Morgan fingerprint density at radius 2 is 1.97 bits per heavy atom. The first-order valence-electron chi connectivity index (χ1n) is 14.2. The Kier molecular flexibility index (Phi) is 8.82. The van der Waals surface area contributed by atoms with Gasteiger partial charge in [0, 0.05) is 62.3 Å². The molecular weight excluding hydrogens is 512 g/mol. The van der Waals surface area contributed by atoms with Gasteiger partial charge in [-0.25, -0.2) is 8.78 Å². The lowest BCUT2D eigenvalue weighted by atomic mass is 9.66. The number of methoxy groups -OCH3 is 1. The van der Waals surface area contributed by atoms with Crippen molar-refractivity contribution >= 4 is 23.6 Å². The number of nitrogens with zero attached hydrogens (tertiary/aromatic N) is 2. The molecule has 2 amide bonds. The highest BCUT2D eigenvalue weighted by Gasteiger charge is 2.48. The average Bonchev–Trinajstić information content (AvgIpc) is 3.43. The number of piperidine rings is 1. The summed E-state index contributed by atoms with van der Waals surface area (Å²) in [6, 6.07) is 2.87. The fraction of sp³-hybridized carbons (Fsp3) is 0.889. The Morgan fingerprint density at radius 1 is 1.18 bits per heavy atom. The van der Waals surface area contributed by atoms with Crippen LogP contribution in [-0.4, -0.2) is 78.8 Å². The van der Waals surface area contributed by atoms with Crippen LogP contribution in [-0.2, 0) is 14.3 Å². The zero-order valence-corrected chi connectivity index (χ0v) is 23.1. The molecular formula is C27H41F2N5O3S. The second-order valence-corrected chi connectivity index (χ2v) is 13.5. The van der Waals surface area contributed by atoms with Crippen LogP contribution < -0.4 is 16.0 Å². The number of likely N-dealkylation sites (tertiary alicyclic amines) is 1. The molecule has 5 fully saturated rings. The second-order valence-electron chi connectivity index (χ2n) is 12.1. The molecule has 9 atom stereocenters. The zero-order chi connectivity index (χ0) is 27.0. The van der Waals surface area contributed by atoms with E-state index in [1.54, 1.807) is 18.9 Å². The first-order valence-corrected chi connectivity index (χ1v) is 15.1. The predicted molar refractivity (Wildman–Crippen MR) is 140 cm³/mol. The Morgan fingerprint density at radius 3 is 2.66 bits per heavy atom. The number of amides is 2. The largest absolute Gasteiger partial charge is 0.381 e. The Bertz CT molecular complexity index is 902. The maximum Gasteiger partial charge on any atom is 0.238 e. The molecule has 9 unspecified atom stereocenters. The van der Waals surface area contributed by atoms with Gasteiger partial charge in [0.25, 0.3) is 0 Å². The van der Waals surface area contributed by atoms with E-state index in [1.807, 2.05) is 4.90 Å². The van der Waals surface area contributed by atoms with Crippen molar-refractivity contribution in [3.05, 3.63) is 0 Å². The van der Waals surface area contributed by atoms with Crippen molar-refractivity contribution in [2.45, 2.75) is 87.2 Å². The Balaban J connectivity index is 1.13. The number of fused-ring (bicyclic) bond motifs is 1. The van der Waals surface area contributed by atoms with Crippen molar-refractivity contribution in [1.82, 2.24) is 20.9 Å². The van der Waals surface area contributed by atoms with Crippen LogP contribution >= 0.6 is 11.8 Å². The Hall–Kier alpha value is -1.48. The molecule has 3 heterocycles. The van der Waals surface area contributed by atoms with E-state index in [9.17, 15) is 23.6 Å². The van der Waals surface area contributed by atoms with Gasteiger partial charge >= 0.3 is 0 Å². The second kappa shape index (κ2) is 11.9. The number of carbonyl (C=O) groups excluding carboxylic acids is 2. The number of thioether (sulfide) groups is 1. The van der Waals surface area contributed by atoms with Crippen LogP contribution in [0.4, 0.5) is 8.78 Å². The van der Waals surface area contributed by atoms with Gasteiger partial charge in [-0.15, -0.1) is 11.8 Å². The van der Waals surface area contributed by atoms with Crippen molar-refractivity contribution in [2.24, 2.45) is 35.5 Å². The van der Waals surface area contributed by atoms with Crippen LogP contribution in [0.5, 0.6) is 0 Å². The van der Waals surface area contributed by atoms with Crippen molar-refractivity contribution in [3.8, 4) is 6.07 Å². The van der Waals surface area contributed by atoms with E-state index in [4.69, 9.17) is 4.74 Å². The predicted octanol–water partition coefficient (Wildman–Crippen LogP) is 2.55. The number of rotatable bonds is 7. The van der Waals surface area contributed by atoms with E-state index in [1.165, 1.54) is 0 Å². The molecule has 3 aliphatic heterocycles. The van der Waals surface area contributed by atoms with Crippen LogP contribution in [0.1, 0.15) is 51.9 Å². The quantitative estimate of drug-likeness (QED) is 0.445. The van der Waals surface area contributed by atoms with Gasteiger partial charge in [-0.3, -0.25) is 14.9 Å². The molecule has 2 saturated carbocycles. The van der Waals surface area contributed by atoms with Gasteiger partial charge in [0.1, 0.15) is 5.50 Å². The van der Waals surface area contributed by atoms with Crippen LogP contribution in [0.15, 0.2) is 0 Å². The molecule has 212 valence electrons. The van der Waals surface area contributed by atoms with Gasteiger partial charge in [-0.2, -0.15) is 5.26 Å². The van der Waals surface area contributed by atoms with Crippen molar-refractivity contribution in [2.75, 3.05) is 26.7 Å². The molecule has 38 heavy (non-hydrogen) atoms. The average molecular weight is 554 g/mol. The normalized spacial score (nSPS) is 42.8. The third kappa shape index (κ3) is 5.98. The van der Waals surface area contributed by atoms with Gasteiger partial charge < -0.3 is 20.3 Å². The molecule has 8 nitrogen and oxygen atoms in total. The Labute approximate surface area is 228 Å². The van der Waals surface area contributed by atoms with Crippen molar-refractivity contribution in [3.63, 3.8) is 0 Å². The van der Waals surface area contributed by atoms with Gasteiger partial charge in [-0.05, 0) is 63.2 Å². The maximum atomic E-state index is 13.6. The molecule has 3 N–H and O–H groups in total. The standard InChI is InChI=1S/C27H41F2N5O3S/c1-14-5-18(19-8-15(10-30)3-4-22(19)37-2)20(11-31-14)25(35)33-27-32-21-12-34(13-23(21)38-27)26(36)17-6-16(7-17)9-24(28)29/h14-24,27,31-32H,3-9,11-13H2,1-2H3,(H,33,35). The third-order valence-electron chi connectivity index (χ3n) is 9.66. The lowest BCUT2D eigenvalue weighted by molar-refractivity contribution is -0.139. The van der Waals surface area contributed by atoms with Gasteiger partial charge in [0.15, 0.2) is 0 Å². The number of hydrogen-bond donors (Lipinski definition) is 3. The summed E-state index contributed by atoms with van der Waals surface area (Å²) in [6.07, 6.45) is 2.20. The minimum absolute atomic E-state index is 0.0208. The van der Waals surface area contributed by atoms with Gasteiger partial charge in [0.2, 0.25) is 18.2 Å². The number of nitrogens with one attached hydrogen (secondary N) is 3. The summed E-state index contributed by atoms with van der Waals surface area (Å²) < 4.78 is 31.0. The summed E-state index contributed by atoms with van der Waals surface area (Å²) in [6.45, 7) is 3.99. The minimum atomic E-state index is -2.29. The van der Waals surface area contributed by atoms with Crippen LogP contribution in [0.25, 0.3) is 0 Å². The highest BCUT2D eigenvalue weighted by molar-refractivity contribution is 8.00. The molecule has 2 aliphatic carbocycles. The summed E-state index contributed by atoms with van der Waals surface area (Å²) in [4.78, 5) is 28.3.